The molecule has 30 heavy (non-hydrogen) atoms. The Bertz CT molecular complexity index is 1010. The van der Waals surface area contributed by atoms with Crippen molar-refractivity contribution < 1.29 is 13.9 Å². The molecule has 0 aliphatic carbocycles. The number of pyridine rings is 1. The molecule has 3 aliphatic rings. The first-order valence-corrected chi connectivity index (χ1v) is 10.8. The van der Waals surface area contributed by atoms with Crippen molar-refractivity contribution >= 4 is 0 Å². The minimum atomic E-state index is -0.818. The van der Waals surface area contributed by atoms with Crippen molar-refractivity contribution in [2.75, 3.05) is 26.2 Å². The molecule has 1 aromatic heterocycles. The molecule has 2 fully saturated rings. The van der Waals surface area contributed by atoms with Gasteiger partial charge in [0.05, 0.1) is 6.10 Å². The van der Waals surface area contributed by atoms with Crippen LogP contribution in [0.2, 0.25) is 0 Å². The molecule has 5 rings (SSSR count). The molecule has 0 amide bonds. The molecule has 2 bridgehead atoms. The lowest BCUT2D eigenvalue weighted by Crippen LogP contribution is -2.47. The van der Waals surface area contributed by atoms with E-state index in [-0.39, 0.29) is 17.6 Å². The van der Waals surface area contributed by atoms with Crippen molar-refractivity contribution in [1.29, 1.82) is 0 Å². The van der Waals surface area contributed by atoms with Crippen molar-refractivity contribution in [1.82, 2.24) is 14.4 Å². The zero-order valence-electron chi connectivity index (χ0n) is 16.9. The Labute approximate surface area is 174 Å². The summed E-state index contributed by atoms with van der Waals surface area (Å²) in [5.41, 5.74) is 2.75. The average molecular weight is 415 g/mol. The zero-order chi connectivity index (χ0) is 20.8. The third-order valence-electron chi connectivity index (χ3n) is 6.79. The van der Waals surface area contributed by atoms with E-state index < -0.39 is 11.6 Å². The van der Waals surface area contributed by atoms with Crippen LogP contribution in [-0.2, 0) is 19.6 Å². The Kier molecular flexibility index (Phi) is 5.21. The maximum atomic E-state index is 13.6. The molecular weight excluding hydrogens is 388 g/mol. The number of likely N-dealkylation sites (tertiary alicyclic amines) is 2. The first-order valence-electron chi connectivity index (χ1n) is 10.8. The first kappa shape index (κ1) is 19.8. The number of β-amino-alcohol motifs (C(OH)–C–C–N with tert-alkyl or cyclic N) is 1. The largest absolute Gasteiger partial charge is 0.392 e. The number of halogens is 2. The minimum Gasteiger partial charge on any atom is -0.392 e. The summed E-state index contributed by atoms with van der Waals surface area (Å²) in [7, 11) is 0. The Hall–Kier alpha value is -2.09. The van der Waals surface area contributed by atoms with E-state index in [0.29, 0.717) is 32.1 Å². The van der Waals surface area contributed by atoms with Gasteiger partial charge in [0.15, 0.2) is 11.6 Å². The predicted octanol–water partition coefficient (Wildman–Crippen LogP) is 2.31. The molecule has 1 aromatic carbocycles. The van der Waals surface area contributed by atoms with E-state index in [1.54, 1.807) is 6.07 Å². The topological polar surface area (TPSA) is 48.7 Å². The van der Waals surface area contributed by atoms with Gasteiger partial charge in [-0.3, -0.25) is 14.6 Å². The fraction of sp³-hybridized carbons (Fsp3) is 0.522. The van der Waals surface area contributed by atoms with Crippen molar-refractivity contribution in [2.24, 2.45) is 5.92 Å². The second kappa shape index (κ2) is 7.87. The van der Waals surface area contributed by atoms with Crippen LogP contribution < -0.4 is 5.56 Å². The lowest BCUT2D eigenvalue weighted by molar-refractivity contribution is 0.114. The normalized spacial score (nSPS) is 26.7. The Morgan fingerprint density at radius 1 is 0.967 bits per heavy atom. The molecule has 5 nitrogen and oxygen atoms in total. The molecule has 1 N–H and O–H groups in total. The summed E-state index contributed by atoms with van der Waals surface area (Å²) in [6.45, 7) is 5.00. The molecule has 2 aromatic rings. The lowest BCUT2D eigenvalue weighted by atomic mass is 9.82. The number of rotatable bonds is 4. The van der Waals surface area contributed by atoms with Crippen molar-refractivity contribution in [2.45, 2.75) is 44.5 Å². The number of hydrogen-bond acceptors (Lipinski definition) is 4. The number of aliphatic hydroxyl groups is 1. The van der Waals surface area contributed by atoms with E-state index in [2.05, 4.69) is 15.9 Å². The number of aromatic nitrogens is 1. The summed E-state index contributed by atoms with van der Waals surface area (Å²) in [6.07, 6.45) is 1.54. The molecule has 7 heteroatoms. The summed E-state index contributed by atoms with van der Waals surface area (Å²) in [4.78, 5) is 17.6. The molecule has 0 spiro atoms. The number of hydrogen-bond donors (Lipinski definition) is 1. The van der Waals surface area contributed by atoms with Crippen molar-refractivity contribution in [3.8, 4) is 0 Å². The van der Waals surface area contributed by atoms with Gasteiger partial charge in [0.25, 0.3) is 5.56 Å². The van der Waals surface area contributed by atoms with E-state index >= 15 is 0 Å². The molecule has 160 valence electrons. The molecular formula is C23H27F2N3O2. The highest BCUT2D eigenvalue weighted by atomic mass is 19.2. The van der Waals surface area contributed by atoms with Crippen LogP contribution in [-0.4, -0.2) is 51.8 Å². The summed E-state index contributed by atoms with van der Waals surface area (Å²) in [6, 6.07) is 8.15. The molecule has 3 aliphatic heterocycles. The Balaban J connectivity index is 1.33. The predicted molar refractivity (Wildman–Crippen MR) is 109 cm³/mol. The van der Waals surface area contributed by atoms with E-state index in [1.165, 1.54) is 12.1 Å². The van der Waals surface area contributed by atoms with Gasteiger partial charge in [-0.2, -0.15) is 0 Å². The number of benzene rings is 1. The quantitative estimate of drug-likeness (QED) is 0.833. The second-order valence-corrected chi connectivity index (χ2v) is 9.12. The van der Waals surface area contributed by atoms with E-state index in [4.69, 9.17) is 0 Å². The Morgan fingerprint density at radius 3 is 2.60 bits per heavy atom. The fourth-order valence-corrected chi connectivity index (χ4v) is 5.43. The van der Waals surface area contributed by atoms with Gasteiger partial charge in [-0.25, -0.2) is 8.78 Å². The van der Waals surface area contributed by atoms with E-state index in [1.807, 2.05) is 10.6 Å². The van der Waals surface area contributed by atoms with Gasteiger partial charge in [-0.1, -0.05) is 12.1 Å². The monoisotopic (exact) mass is 415 g/mol. The van der Waals surface area contributed by atoms with Crippen LogP contribution in [0.1, 0.15) is 35.6 Å². The molecule has 4 heterocycles. The van der Waals surface area contributed by atoms with Gasteiger partial charge in [-0.15, -0.1) is 0 Å². The molecule has 0 saturated carbocycles. The highest BCUT2D eigenvalue weighted by Crippen LogP contribution is 2.35. The summed E-state index contributed by atoms with van der Waals surface area (Å²) < 4.78 is 28.7. The fourth-order valence-electron chi connectivity index (χ4n) is 5.43. The maximum absolute atomic E-state index is 13.6. The van der Waals surface area contributed by atoms with Crippen LogP contribution in [0, 0.1) is 17.6 Å². The highest BCUT2D eigenvalue weighted by molar-refractivity contribution is 5.23. The summed E-state index contributed by atoms with van der Waals surface area (Å²) in [5, 5.41) is 9.74. The van der Waals surface area contributed by atoms with E-state index in [9.17, 15) is 18.7 Å². The minimum absolute atomic E-state index is 0.0950. The van der Waals surface area contributed by atoms with Gasteiger partial charge in [0.1, 0.15) is 0 Å². The second-order valence-electron chi connectivity index (χ2n) is 9.12. The maximum Gasteiger partial charge on any atom is 0.255 e. The van der Waals surface area contributed by atoms with Crippen molar-refractivity contribution in [3.05, 3.63) is 69.1 Å². The molecule has 0 radical (unpaired) electrons. The van der Waals surface area contributed by atoms with Gasteiger partial charge in [0, 0.05) is 63.0 Å². The van der Waals surface area contributed by atoms with Crippen LogP contribution in [0.3, 0.4) is 0 Å². The standard InChI is InChI=1S/C23H27F2N3O2/c24-20-3-1-15(8-21(20)25)9-27-10-16-7-18(13-27)22-4-2-17(23(30)28(22)11-16)12-26-6-5-19(29)14-26/h1-4,8,16,18-19,29H,5-7,9-14H2/t16-,18+,19+/m0/s1. The van der Waals surface area contributed by atoms with Crippen LogP contribution >= 0.6 is 0 Å². The molecule has 2 saturated heterocycles. The van der Waals surface area contributed by atoms with Gasteiger partial charge >= 0.3 is 0 Å². The van der Waals surface area contributed by atoms with Crippen LogP contribution in [0.15, 0.2) is 35.1 Å². The number of aliphatic hydroxyl groups excluding tert-OH is 1. The van der Waals surface area contributed by atoms with Gasteiger partial charge in [-0.05, 0) is 42.5 Å². The number of nitrogens with zero attached hydrogens (tertiary/aromatic N) is 3. The van der Waals surface area contributed by atoms with Gasteiger partial charge < -0.3 is 9.67 Å². The number of fused-ring (bicyclic) bond motifs is 4. The lowest BCUT2D eigenvalue weighted by Gasteiger charge is -2.43. The van der Waals surface area contributed by atoms with E-state index in [0.717, 1.165) is 49.3 Å². The van der Waals surface area contributed by atoms with Crippen molar-refractivity contribution in [3.63, 3.8) is 0 Å². The van der Waals surface area contributed by atoms with Crippen LogP contribution in [0.4, 0.5) is 8.78 Å². The SMILES string of the molecule is O=c1c(CN2CC[C@@H](O)C2)ccc2n1C[C@H]1C[C@@H]2CN(Cc2ccc(F)c(F)c2)C1. The number of piperidine rings is 1. The van der Waals surface area contributed by atoms with Crippen LogP contribution in [0.25, 0.3) is 0 Å². The third-order valence-corrected chi connectivity index (χ3v) is 6.79. The molecule has 0 unspecified atom stereocenters. The van der Waals surface area contributed by atoms with Crippen LogP contribution in [0.5, 0.6) is 0 Å². The van der Waals surface area contributed by atoms with Gasteiger partial charge in [0.2, 0.25) is 0 Å². The average Bonchev–Trinajstić information content (AvgIpc) is 3.12. The zero-order valence-corrected chi connectivity index (χ0v) is 16.9. The highest BCUT2D eigenvalue weighted by Gasteiger charge is 2.35. The first-order chi connectivity index (χ1) is 14.5. The smallest absolute Gasteiger partial charge is 0.255 e. The third kappa shape index (κ3) is 3.82. The molecule has 3 atom stereocenters. The summed E-state index contributed by atoms with van der Waals surface area (Å²) >= 11 is 0. The summed E-state index contributed by atoms with van der Waals surface area (Å²) in [5.74, 6) is -0.970. The Morgan fingerprint density at radius 2 is 1.83 bits per heavy atom.